The van der Waals surface area contributed by atoms with Gasteiger partial charge in [0.2, 0.25) is 0 Å². The van der Waals surface area contributed by atoms with E-state index in [1.165, 1.54) is 19.1 Å². The van der Waals surface area contributed by atoms with Gasteiger partial charge in [-0.3, -0.25) is 4.79 Å². The highest BCUT2D eigenvalue weighted by atomic mass is 16.6. The third kappa shape index (κ3) is 6.94. The quantitative estimate of drug-likeness (QED) is 0.301. The molecule has 0 aliphatic carbocycles. The van der Waals surface area contributed by atoms with Crippen LogP contribution in [0.4, 0.5) is 0 Å². The smallest absolute Gasteiger partial charge is 0.337 e. The average molecular weight is 474 g/mol. The lowest BCUT2D eigenvalue weighted by molar-refractivity contribution is -0.153. The number of hydrogen-bond acceptors (Lipinski definition) is 8. The van der Waals surface area contributed by atoms with E-state index in [0.29, 0.717) is 16.8 Å². The third-order valence-electron chi connectivity index (χ3n) is 5.13. The Morgan fingerprint density at radius 1 is 1.00 bits per heavy atom. The minimum atomic E-state index is -0.679. The molecule has 9 nitrogen and oxygen atoms in total. The molecule has 0 amide bonds. The first-order chi connectivity index (χ1) is 16.1. The van der Waals surface area contributed by atoms with Crippen LogP contribution in [0.3, 0.4) is 0 Å². The van der Waals surface area contributed by atoms with E-state index in [2.05, 4.69) is 0 Å². The van der Waals surface area contributed by atoms with Gasteiger partial charge in [-0.15, -0.1) is 0 Å². The summed E-state index contributed by atoms with van der Waals surface area (Å²) in [6.07, 6.45) is 5.12. The van der Waals surface area contributed by atoms with E-state index < -0.39 is 36.2 Å². The summed E-state index contributed by atoms with van der Waals surface area (Å²) < 4.78 is 23.2. The Morgan fingerprint density at radius 2 is 1.71 bits per heavy atom. The van der Waals surface area contributed by atoms with Crippen LogP contribution in [0.5, 0.6) is 0 Å². The van der Waals surface area contributed by atoms with Crippen molar-refractivity contribution in [3.63, 3.8) is 0 Å². The Bertz CT molecular complexity index is 1040. The summed E-state index contributed by atoms with van der Waals surface area (Å²) in [5, 5.41) is 0. The highest BCUT2D eigenvalue weighted by molar-refractivity contribution is 5.90. The van der Waals surface area contributed by atoms with E-state index in [9.17, 15) is 19.2 Å². The Kier molecular flexibility index (Phi) is 9.41. The summed E-state index contributed by atoms with van der Waals surface area (Å²) in [5.74, 6) is -2.13. The minimum absolute atomic E-state index is 0.107. The molecule has 0 N–H and O–H groups in total. The second-order valence-electron chi connectivity index (χ2n) is 8.02. The summed E-state index contributed by atoms with van der Waals surface area (Å²) in [6, 6.07) is 1.71. The van der Waals surface area contributed by atoms with Gasteiger partial charge in [0.05, 0.1) is 11.3 Å². The molecule has 2 atom stereocenters. The summed E-state index contributed by atoms with van der Waals surface area (Å²) in [7, 11) is 0. The zero-order valence-corrected chi connectivity index (χ0v) is 20.4. The van der Waals surface area contributed by atoms with Crippen LogP contribution >= 0.6 is 0 Å². The van der Waals surface area contributed by atoms with E-state index in [-0.39, 0.29) is 25.2 Å². The monoisotopic (exact) mass is 473 g/mol. The maximum atomic E-state index is 12.5. The zero-order valence-electron chi connectivity index (χ0n) is 20.4. The third-order valence-corrected chi connectivity index (χ3v) is 5.13. The molecular formula is C25H31NO8. The van der Waals surface area contributed by atoms with Crippen molar-refractivity contribution in [3.05, 3.63) is 58.5 Å². The lowest BCUT2D eigenvalue weighted by atomic mass is 10.1. The van der Waals surface area contributed by atoms with Crippen molar-refractivity contribution < 1.29 is 38.1 Å². The van der Waals surface area contributed by atoms with Crippen LogP contribution in [0.25, 0.3) is 0 Å². The van der Waals surface area contributed by atoms with Gasteiger partial charge in [-0.2, -0.15) is 0 Å². The molecule has 1 aliphatic rings. The molecule has 2 heterocycles. The molecule has 0 aromatic carbocycles. The van der Waals surface area contributed by atoms with E-state index in [4.69, 9.17) is 18.9 Å². The van der Waals surface area contributed by atoms with Crippen molar-refractivity contribution in [2.24, 2.45) is 0 Å². The van der Waals surface area contributed by atoms with Crippen LogP contribution in [0.15, 0.2) is 47.2 Å². The molecule has 0 bridgehead atoms. The molecule has 0 radical (unpaired) electrons. The van der Waals surface area contributed by atoms with Crippen molar-refractivity contribution in [2.75, 3.05) is 6.61 Å². The SMILES string of the molecule is C/C=C(/COC(=O)C=C(C)C)C(=O)OCc1ccn2c1[C@H](OC(=O)/C(C)=C/C)C[C@@H]2OC(C)=O. The van der Waals surface area contributed by atoms with Crippen LogP contribution in [0.2, 0.25) is 0 Å². The van der Waals surface area contributed by atoms with Gasteiger partial charge in [-0.05, 0) is 40.7 Å². The van der Waals surface area contributed by atoms with Crippen LogP contribution in [-0.4, -0.2) is 35.1 Å². The molecule has 0 saturated heterocycles. The van der Waals surface area contributed by atoms with Crippen LogP contribution in [0, 0.1) is 0 Å². The maximum absolute atomic E-state index is 12.5. The fourth-order valence-corrected chi connectivity index (χ4v) is 3.32. The van der Waals surface area contributed by atoms with Gasteiger partial charge in [0, 0.05) is 36.8 Å². The number of rotatable bonds is 9. The van der Waals surface area contributed by atoms with Crippen molar-refractivity contribution in [2.45, 2.75) is 66.9 Å². The number of carbonyl (C=O) groups excluding carboxylic acids is 4. The molecule has 184 valence electrons. The molecule has 1 aromatic heterocycles. The number of fused-ring (bicyclic) bond motifs is 1. The Morgan fingerprint density at radius 3 is 2.29 bits per heavy atom. The highest BCUT2D eigenvalue weighted by Gasteiger charge is 2.37. The molecular weight excluding hydrogens is 442 g/mol. The van der Waals surface area contributed by atoms with Crippen molar-refractivity contribution >= 4 is 23.9 Å². The number of aromatic nitrogens is 1. The van der Waals surface area contributed by atoms with Crippen molar-refractivity contribution in [1.29, 1.82) is 0 Å². The lowest BCUT2D eigenvalue weighted by Gasteiger charge is -2.15. The summed E-state index contributed by atoms with van der Waals surface area (Å²) in [6.45, 7) is 9.52. The lowest BCUT2D eigenvalue weighted by Crippen LogP contribution is -2.16. The molecule has 0 fully saturated rings. The second kappa shape index (κ2) is 12.0. The van der Waals surface area contributed by atoms with Gasteiger partial charge in [0.25, 0.3) is 0 Å². The predicted octanol–water partition coefficient (Wildman–Crippen LogP) is 4.00. The first-order valence-electron chi connectivity index (χ1n) is 10.9. The van der Waals surface area contributed by atoms with Crippen LogP contribution in [0.1, 0.15) is 71.6 Å². The van der Waals surface area contributed by atoms with Gasteiger partial charge in [0.15, 0.2) is 6.23 Å². The van der Waals surface area contributed by atoms with Gasteiger partial charge >= 0.3 is 23.9 Å². The topological polar surface area (TPSA) is 110 Å². The van der Waals surface area contributed by atoms with E-state index in [1.54, 1.807) is 57.5 Å². The predicted molar refractivity (Wildman–Crippen MR) is 122 cm³/mol. The largest absolute Gasteiger partial charge is 0.457 e. The van der Waals surface area contributed by atoms with Gasteiger partial charge in [-0.1, -0.05) is 17.7 Å². The van der Waals surface area contributed by atoms with E-state index in [0.717, 1.165) is 5.57 Å². The minimum Gasteiger partial charge on any atom is -0.457 e. The normalized spacial score (nSPS) is 17.5. The molecule has 9 heteroatoms. The molecule has 1 aromatic rings. The molecule has 0 spiro atoms. The fourth-order valence-electron chi connectivity index (χ4n) is 3.32. The number of nitrogens with zero attached hydrogens (tertiary/aromatic N) is 1. The average Bonchev–Trinajstić information content (AvgIpc) is 3.32. The van der Waals surface area contributed by atoms with E-state index in [1.807, 2.05) is 0 Å². The fraction of sp³-hybridized carbons (Fsp3) is 0.440. The second-order valence-corrected chi connectivity index (χ2v) is 8.02. The number of ether oxygens (including phenoxy) is 4. The highest BCUT2D eigenvalue weighted by Crippen LogP contribution is 2.41. The molecule has 0 unspecified atom stereocenters. The molecule has 0 saturated carbocycles. The first-order valence-corrected chi connectivity index (χ1v) is 10.9. The first kappa shape index (κ1) is 26.6. The van der Waals surface area contributed by atoms with Crippen LogP contribution < -0.4 is 0 Å². The number of esters is 4. The number of carbonyl (C=O) groups is 4. The van der Waals surface area contributed by atoms with Gasteiger partial charge in [-0.25, -0.2) is 14.4 Å². The summed E-state index contributed by atoms with van der Waals surface area (Å²) in [4.78, 5) is 48.1. The Labute approximate surface area is 199 Å². The van der Waals surface area contributed by atoms with Gasteiger partial charge in [0.1, 0.15) is 19.3 Å². The molecule has 2 rings (SSSR count). The zero-order chi connectivity index (χ0) is 25.4. The standard InChI is InChI=1S/C25H31NO8/c1-7-16(5)24(29)34-20-12-21(33-17(6)27)26-10-9-19(23(20)26)14-32-25(30)18(8-2)13-31-22(28)11-15(3)4/h7-11,20-21H,12-14H2,1-6H3/b16-7+,18-8-/t20-,21+/m1/s1. The van der Waals surface area contributed by atoms with E-state index >= 15 is 0 Å². The van der Waals surface area contributed by atoms with Crippen molar-refractivity contribution in [1.82, 2.24) is 4.57 Å². The molecule has 34 heavy (non-hydrogen) atoms. The summed E-state index contributed by atoms with van der Waals surface area (Å²) in [5.41, 5.74) is 2.62. The van der Waals surface area contributed by atoms with Gasteiger partial charge < -0.3 is 23.5 Å². The molecule has 1 aliphatic heterocycles. The van der Waals surface area contributed by atoms with Crippen LogP contribution in [-0.2, 0) is 44.7 Å². The summed E-state index contributed by atoms with van der Waals surface area (Å²) >= 11 is 0. The maximum Gasteiger partial charge on any atom is 0.337 e. The van der Waals surface area contributed by atoms with Crippen molar-refractivity contribution in [3.8, 4) is 0 Å². The number of hydrogen-bond donors (Lipinski definition) is 0. The number of allylic oxidation sites excluding steroid dienone is 3. The Hall–Kier alpha value is -3.62. The Balaban J connectivity index is 2.14.